The van der Waals surface area contributed by atoms with Crippen molar-refractivity contribution in [3.63, 3.8) is 0 Å². The topological polar surface area (TPSA) is 28.4 Å². The summed E-state index contributed by atoms with van der Waals surface area (Å²) < 4.78 is 1.23. The van der Waals surface area contributed by atoms with Gasteiger partial charge in [0.2, 0.25) is 6.23 Å². The molecule has 0 saturated carbocycles. The van der Waals surface area contributed by atoms with Gasteiger partial charge in [0.15, 0.2) is 0 Å². The van der Waals surface area contributed by atoms with Crippen LogP contribution in [0.2, 0.25) is 0 Å². The molecule has 14 heavy (non-hydrogen) atoms. The van der Waals surface area contributed by atoms with Gasteiger partial charge in [-0.05, 0) is 19.1 Å². The van der Waals surface area contributed by atoms with Crippen molar-refractivity contribution in [3.05, 3.63) is 29.3 Å². The molecule has 3 nitrogen and oxygen atoms in total. The second-order valence-corrected chi connectivity index (χ2v) is 4.27. The Bertz CT molecular complexity index is 435. The van der Waals surface area contributed by atoms with Crippen molar-refractivity contribution in [1.82, 2.24) is 10.0 Å². The van der Waals surface area contributed by atoms with Gasteiger partial charge in [-0.1, -0.05) is 12.1 Å². The summed E-state index contributed by atoms with van der Waals surface area (Å²) in [7, 11) is 0. The van der Waals surface area contributed by atoms with Crippen molar-refractivity contribution >= 4 is 21.6 Å². The van der Waals surface area contributed by atoms with Crippen LogP contribution in [0.3, 0.4) is 0 Å². The molecule has 0 amide bonds. The molecule has 0 aliphatic carbocycles. The Labute approximate surface area is 85.9 Å². The van der Waals surface area contributed by atoms with Crippen molar-refractivity contribution in [3.8, 4) is 0 Å². The lowest BCUT2D eigenvalue weighted by molar-refractivity contribution is 0.206. The first-order valence-corrected chi connectivity index (χ1v) is 5.49. The maximum absolute atomic E-state index is 5.36. The molecule has 3 rings (SSSR count). The van der Waals surface area contributed by atoms with Crippen LogP contribution >= 0.6 is 11.3 Å². The molecule has 1 aliphatic rings. The van der Waals surface area contributed by atoms with Crippen LogP contribution in [-0.2, 0) is 4.84 Å². The lowest BCUT2D eigenvalue weighted by Crippen LogP contribution is -1.94. The number of hydrogen-bond acceptors (Lipinski definition) is 4. The fraction of sp³-hybridized carbons (Fsp3) is 0.300. The second kappa shape index (κ2) is 3.02. The van der Waals surface area contributed by atoms with Crippen molar-refractivity contribution in [1.29, 1.82) is 0 Å². The summed E-state index contributed by atoms with van der Waals surface area (Å²) in [5.74, 6) is 0. The van der Waals surface area contributed by atoms with Crippen LogP contribution in [0, 0.1) is 0 Å². The first kappa shape index (κ1) is 8.35. The number of thiazole rings is 1. The van der Waals surface area contributed by atoms with E-state index in [0.717, 1.165) is 17.1 Å². The van der Waals surface area contributed by atoms with E-state index in [9.17, 15) is 0 Å². The normalized spacial score (nSPS) is 25.5. The van der Waals surface area contributed by atoms with Gasteiger partial charge in [0.05, 0.1) is 10.2 Å². The molecule has 2 atom stereocenters. The van der Waals surface area contributed by atoms with Gasteiger partial charge in [-0.2, -0.15) is 0 Å². The van der Waals surface area contributed by atoms with Gasteiger partial charge in [0.25, 0.3) is 0 Å². The minimum atomic E-state index is 0.109. The summed E-state index contributed by atoms with van der Waals surface area (Å²) in [6.45, 7) is 2.99. The highest BCUT2D eigenvalue weighted by atomic mass is 32.1. The molecule has 0 N–H and O–H groups in total. The maximum Gasteiger partial charge on any atom is 0.205 e. The van der Waals surface area contributed by atoms with E-state index in [4.69, 9.17) is 4.84 Å². The molecule has 1 aliphatic heterocycles. The molecule has 2 aromatic rings. The van der Waals surface area contributed by atoms with E-state index in [1.807, 2.05) is 23.3 Å². The third kappa shape index (κ3) is 1.23. The average molecular weight is 206 g/mol. The summed E-state index contributed by atoms with van der Waals surface area (Å²) >= 11 is 1.71. The third-order valence-corrected chi connectivity index (χ3v) is 3.35. The quantitative estimate of drug-likeness (QED) is 0.707. The number of para-hydroxylation sites is 1. The second-order valence-electron chi connectivity index (χ2n) is 3.21. The van der Waals surface area contributed by atoms with Crippen LogP contribution in [0.1, 0.15) is 18.2 Å². The Morgan fingerprint density at radius 1 is 1.50 bits per heavy atom. The van der Waals surface area contributed by atoms with Crippen LogP contribution in [-0.4, -0.2) is 16.6 Å². The van der Waals surface area contributed by atoms with Crippen LogP contribution in [0.5, 0.6) is 0 Å². The smallest absolute Gasteiger partial charge is 0.205 e. The van der Waals surface area contributed by atoms with Gasteiger partial charge >= 0.3 is 0 Å². The molecular formula is C10H10N2OS. The zero-order chi connectivity index (χ0) is 9.54. The minimum Gasteiger partial charge on any atom is -0.267 e. The summed E-state index contributed by atoms with van der Waals surface area (Å²) in [6, 6.07) is 8.18. The highest BCUT2D eigenvalue weighted by Gasteiger charge is 2.39. The molecule has 1 aromatic carbocycles. The molecule has 2 unspecified atom stereocenters. The minimum absolute atomic E-state index is 0.109. The molecule has 0 spiro atoms. The number of benzene rings is 1. The number of rotatable bonds is 2. The zero-order valence-corrected chi connectivity index (χ0v) is 8.62. The third-order valence-electron chi connectivity index (χ3n) is 2.28. The van der Waals surface area contributed by atoms with Crippen molar-refractivity contribution in [2.45, 2.75) is 13.2 Å². The maximum atomic E-state index is 5.36. The lowest BCUT2D eigenvalue weighted by Gasteiger charge is -1.85. The van der Waals surface area contributed by atoms with Crippen LogP contribution in [0.4, 0.5) is 0 Å². The molecule has 0 radical (unpaired) electrons. The van der Waals surface area contributed by atoms with E-state index in [-0.39, 0.29) is 6.23 Å². The molecule has 72 valence electrons. The van der Waals surface area contributed by atoms with E-state index < -0.39 is 0 Å². The predicted molar refractivity (Wildman–Crippen MR) is 55.8 cm³/mol. The van der Waals surface area contributed by atoms with E-state index >= 15 is 0 Å². The number of aromatic nitrogens is 1. The fourth-order valence-electron chi connectivity index (χ4n) is 1.51. The molecule has 2 heterocycles. The first-order chi connectivity index (χ1) is 6.88. The Morgan fingerprint density at radius 3 is 3.07 bits per heavy atom. The van der Waals surface area contributed by atoms with Crippen molar-refractivity contribution in [2.24, 2.45) is 0 Å². The molecule has 1 fully saturated rings. The van der Waals surface area contributed by atoms with Gasteiger partial charge < -0.3 is 0 Å². The van der Waals surface area contributed by atoms with Crippen LogP contribution in [0.25, 0.3) is 10.2 Å². The van der Waals surface area contributed by atoms with E-state index in [1.54, 1.807) is 11.3 Å². The zero-order valence-electron chi connectivity index (χ0n) is 7.80. The molecule has 1 saturated heterocycles. The standard InChI is InChI=1S/C10H10N2OS/c1-2-12-10(13-12)9-11-7-5-3-4-6-8(7)14-9/h3-6,10H,2H2,1H3. The fourth-order valence-corrected chi connectivity index (χ4v) is 2.50. The van der Waals surface area contributed by atoms with E-state index in [2.05, 4.69) is 18.0 Å². The van der Waals surface area contributed by atoms with Gasteiger partial charge in [-0.25, -0.2) is 4.98 Å². The Balaban J connectivity index is 1.99. The van der Waals surface area contributed by atoms with Crippen LogP contribution in [0.15, 0.2) is 24.3 Å². The van der Waals surface area contributed by atoms with Crippen LogP contribution < -0.4 is 0 Å². The summed E-state index contributed by atoms with van der Waals surface area (Å²) in [6.07, 6.45) is 0.109. The molecule has 4 heteroatoms. The number of nitrogens with zero attached hydrogens (tertiary/aromatic N) is 2. The van der Waals surface area contributed by atoms with Crippen molar-refractivity contribution in [2.75, 3.05) is 6.54 Å². The molecule has 1 aromatic heterocycles. The lowest BCUT2D eigenvalue weighted by atomic mass is 10.3. The first-order valence-electron chi connectivity index (χ1n) is 4.67. The summed E-state index contributed by atoms with van der Waals surface area (Å²) in [5.41, 5.74) is 1.07. The largest absolute Gasteiger partial charge is 0.267 e. The Hall–Kier alpha value is -0.970. The van der Waals surface area contributed by atoms with Gasteiger partial charge in [-0.3, -0.25) is 4.84 Å². The Morgan fingerprint density at radius 2 is 2.36 bits per heavy atom. The summed E-state index contributed by atoms with van der Waals surface area (Å²) in [5, 5.41) is 2.99. The molecular weight excluding hydrogens is 196 g/mol. The number of fused-ring (bicyclic) bond motifs is 1. The van der Waals surface area contributed by atoms with E-state index in [1.165, 1.54) is 4.70 Å². The number of hydrogen-bond donors (Lipinski definition) is 0. The van der Waals surface area contributed by atoms with Crippen molar-refractivity contribution < 1.29 is 4.84 Å². The SMILES string of the molecule is CCN1OC1c1nc2ccccc2s1. The Kier molecular flexibility index (Phi) is 1.80. The highest BCUT2D eigenvalue weighted by molar-refractivity contribution is 7.18. The van der Waals surface area contributed by atoms with Gasteiger partial charge in [0, 0.05) is 6.54 Å². The molecule has 0 bridgehead atoms. The highest BCUT2D eigenvalue weighted by Crippen LogP contribution is 2.39. The monoisotopic (exact) mass is 206 g/mol. The summed E-state index contributed by atoms with van der Waals surface area (Å²) in [4.78, 5) is 9.89. The number of hydroxylamine groups is 2. The average Bonchev–Trinajstić information content (AvgIpc) is 2.89. The van der Waals surface area contributed by atoms with Gasteiger partial charge in [-0.15, -0.1) is 16.4 Å². The van der Waals surface area contributed by atoms with E-state index in [0.29, 0.717) is 0 Å². The predicted octanol–water partition coefficient (Wildman–Crippen LogP) is 2.56. The van der Waals surface area contributed by atoms with Gasteiger partial charge in [0.1, 0.15) is 5.01 Å².